The standard InChI is InChI=1S/C9H12ClNO2S.ClH/c1-2-13-9(12)5-6(11)7-3-4-8(10)14-7;/h3-4,6H,2,5,11H2,1H3;1H. The van der Waals surface area contributed by atoms with Gasteiger partial charge in [0.15, 0.2) is 0 Å². The summed E-state index contributed by atoms with van der Waals surface area (Å²) in [6, 6.07) is 3.29. The highest BCUT2D eigenvalue weighted by Crippen LogP contribution is 2.27. The van der Waals surface area contributed by atoms with Crippen LogP contribution in [0.1, 0.15) is 24.3 Å². The van der Waals surface area contributed by atoms with Gasteiger partial charge in [-0.15, -0.1) is 23.7 Å². The number of thiophene rings is 1. The van der Waals surface area contributed by atoms with E-state index in [1.54, 1.807) is 13.0 Å². The monoisotopic (exact) mass is 269 g/mol. The average molecular weight is 270 g/mol. The molecule has 15 heavy (non-hydrogen) atoms. The zero-order chi connectivity index (χ0) is 10.6. The van der Waals surface area contributed by atoms with Gasteiger partial charge in [0.2, 0.25) is 0 Å². The van der Waals surface area contributed by atoms with Crippen LogP contribution in [0.2, 0.25) is 4.34 Å². The Hall–Kier alpha value is -0.290. The summed E-state index contributed by atoms with van der Waals surface area (Å²) in [7, 11) is 0. The molecule has 1 unspecified atom stereocenters. The molecule has 0 bridgehead atoms. The molecule has 0 saturated carbocycles. The number of esters is 1. The van der Waals surface area contributed by atoms with E-state index in [9.17, 15) is 4.79 Å². The van der Waals surface area contributed by atoms with Gasteiger partial charge in [0.1, 0.15) is 0 Å². The van der Waals surface area contributed by atoms with Crippen LogP contribution in [0.3, 0.4) is 0 Å². The second-order valence-electron chi connectivity index (χ2n) is 2.76. The lowest BCUT2D eigenvalue weighted by Crippen LogP contribution is -2.16. The molecule has 0 amide bonds. The maximum absolute atomic E-state index is 11.1. The minimum Gasteiger partial charge on any atom is -0.466 e. The molecular formula is C9H13Cl2NO2S. The lowest BCUT2D eigenvalue weighted by molar-refractivity contribution is -0.143. The number of rotatable bonds is 4. The molecule has 0 saturated heterocycles. The molecular weight excluding hydrogens is 257 g/mol. The van der Waals surface area contributed by atoms with E-state index in [4.69, 9.17) is 22.1 Å². The van der Waals surface area contributed by atoms with Crippen LogP contribution in [0.5, 0.6) is 0 Å². The number of nitrogens with two attached hydrogens (primary N) is 1. The summed E-state index contributed by atoms with van der Waals surface area (Å²) in [5, 5.41) is 0. The molecule has 0 aliphatic rings. The minimum atomic E-state index is -0.313. The third-order valence-electron chi connectivity index (χ3n) is 1.65. The topological polar surface area (TPSA) is 52.3 Å². The Morgan fingerprint density at radius 1 is 1.67 bits per heavy atom. The molecule has 0 spiro atoms. The van der Waals surface area contributed by atoms with E-state index in [1.807, 2.05) is 6.07 Å². The molecule has 1 atom stereocenters. The summed E-state index contributed by atoms with van der Waals surface area (Å²) in [5.74, 6) is -0.274. The number of ether oxygens (including phenoxy) is 1. The molecule has 0 aliphatic carbocycles. The summed E-state index contributed by atoms with van der Waals surface area (Å²) >= 11 is 7.14. The Kier molecular flexibility index (Phi) is 6.92. The molecule has 0 radical (unpaired) electrons. The van der Waals surface area contributed by atoms with Crippen molar-refractivity contribution in [1.29, 1.82) is 0 Å². The van der Waals surface area contributed by atoms with Crippen LogP contribution in [0.15, 0.2) is 12.1 Å². The fourth-order valence-electron chi connectivity index (χ4n) is 1.03. The Morgan fingerprint density at radius 2 is 2.33 bits per heavy atom. The van der Waals surface area contributed by atoms with Gasteiger partial charge in [0.25, 0.3) is 0 Å². The van der Waals surface area contributed by atoms with Crippen molar-refractivity contribution >= 4 is 41.3 Å². The highest BCUT2D eigenvalue weighted by Gasteiger charge is 2.13. The SMILES string of the molecule is CCOC(=O)CC(N)c1ccc(Cl)s1.Cl. The highest BCUT2D eigenvalue weighted by atomic mass is 35.5. The molecule has 2 N–H and O–H groups in total. The molecule has 86 valence electrons. The smallest absolute Gasteiger partial charge is 0.307 e. The van der Waals surface area contributed by atoms with Crippen LogP contribution in [0, 0.1) is 0 Å². The zero-order valence-electron chi connectivity index (χ0n) is 8.23. The first-order valence-corrected chi connectivity index (χ1v) is 5.49. The fraction of sp³-hybridized carbons (Fsp3) is 0.444. The van der Waals surface area contributed by atoms with Crippen molar-refractivity contribution in [2.24, 2.45) is 5.73 Å². The van der Waals surface area contributed by atoms with E-state index < -0.39 is 0 Å². The third kappa shape index (κ3) is 4.84. The second-order valence-corrected chi connectivity index (χ2v) is 4.50. The molecule has 0 aromatic carbocycles. The lowest BCUT2D eigenvalue weighted by Gasteiger charge is -2.07. The molecule has 1 rings (SSSR count). The Morgan fingerprint density at radius 3 is 2.80 bits per heavy atom. The molecule has 1 aromatic heterocycles. The van der Waals surface area contributed by atoms with Gasteiger partial charge in [-0.1, -0.05) is 11.6 Å². The number of halogens is 2. The first kappa shape index (κ1) is 14.7. The zero-order valence-corrected chi connectivity index (χ0v) is 10.6. The van der Waals surface area contributed by atoms with E-state index in [2.05, 4.69) is 0 Å². The Bertz CT molecular complexity index is 317. The van der Waals surface area contributed by atoms with Gasteiger partial charge in [-0.25, -0.2) is 0 Å². The maximum Gasteiger partial charge on any atom is 0.307 e. The van der Waals surface area contributed by atoms with Gasteiger partial charge >= 0.3 is 5.97 Å². The van der Waals surface area contributed by atoms with Crippen molar-refractivity contribution in [3.05, 3.63) is 21.3 Å². The van der Waals surface area contributed by atoms with E-state index in [0.29, 0.717) is 10.9 Å². The molecule has 3 nitrogen and oxygen atoms in total. The quantitative estimate of drug-likeness (QED) is 0.856. The van der Waals surface area contributed by atoms with E-state index in [-0.39, 0.29) is 30.8 Å². The highest BCUT2D eigenvalue weighted by molar-refractivity contribution is 7.16. The predicted molar refractivity (Wildman–Crippen MR) is 64.8 cm³/mol. The van der Waals surface area contributed by atoms with Crippen molar-refractivity contribution in [1.82, 2.24) is 0 Å². The van der Waals surface area contributed by atoms with Gasteiger partial charge < -0.3 is 10.5 Å². The first-order valence-electron chi connectivity index (χ1n) is 4.30. The number of hydrogen-bond acceptors (Lipinski definition) is 4. The van der Waals surface area contributed by atoms with Crippen molar-refractivity contribution in [3.63, 3.8) is 0 Å². The van der Waals surface area contributed by atoms with Crippen LogP contribution in [-0.2, 0) is 9.53 Å². The van der Waals surface area contributed by atoms with Crippen LogP contribution < -0.4 is 5.73 Å². The van der Waals surface area contributed by atoms with Gasteiger partial charge in [0.05, 0.1) is 17.4 Å². The average Bonchev–Trinajstić information content (AvgIpc) is 2.52. The minimum absolute atomic E-state index is 0. The van der Waals surface area contributed by atoms with Crippen molar-refractivity contribution in [2.75, 3.05) is 6.61 Å². The van der Waals surface area contributed by atoms with Gasteiger partial charge in [-0.3, -0.25) is 4.79 Å². The molecule has 0 aliphatic heterocycles. The van der Waals surface area contributed by atoms with E-state index in [1.165, 1.54) is 11.3 Å². The summed E-state index contributed by atoms with van der Waals surface area (Å²) in [4.78, 5) is 12.0. The summed E-state index contributed by atoms with van der Waals surface area (Å²) < 4.78 is 5.47. The van der Waals surface area contributed by atoms with Gasteiger partial charge in [-0.2, -0.15) is 0 Å². The lowest BCUT2D eigenvalue weighted by atomic mass is 10.2. The van der Waals surface area contributed by atoms with Crippen LogP contribution in [0.25, 0.3) is 0 Å². The summed E-state index contributed by atoms with van der Waals surface area (Å²) in [5.41, 5.74) is 5.79. The maximum atomic E-state index is 11.1. The molecule has 6 heteroatoms. The largest absolute Gasteiger partial charge is 0.466 e. The molecule has 0 fully saturated rings. The molecule has 1 aromatic rings. The number of hydrogen-bond donors (Lipinski definition) is 1. The van der Waals surface area contributed by atoms with Gasteiger partial charge in [-0.05, 0) is 19.1 Å². The van der Waals surface area contributed by atoms with Gasteiger partial charge in [0, 0.05) is 10.9 Å². The molecule has 1 heterocycles. The summed E-state index contributed by atoms with van der Waals surface area (Å²) in [6.45, 7) is 2.15. The number of carbonyl (C=O) groups is 1. The van der Waals surface area contributed by atoms with E-state index in [0.717, 1.165) is 4.88 Å². The first-order chi connectivity index (χ1) is 6.63. The van der Waals surface area contributed by atoms with Crippen molar-refractivity contribution in [3.8, 4) is 0 Å². The fourth-order valence-corrected chi connectivity index (χ4v) is 2.09. The Labute approximate surface area is 104 Å². The van der Waals surface area contributed by atoms with Crippen molar-refractivity contribution < 1.29 is 9.53 Å². The third-order valence-corrected chi connectivity index (χ3v) is 3.01. The van der Waals surface area contributed by atoms with Crippen LogP contribution in [0.4, 0.5) is 0 Å². The van der Waals surface area contributed by atoms with Crippen molar-refractivity contribution in [2.45, 2.75) is 19.4 Å². The summed E-state index contributed by atoms with van der Waals surface area (Å²) in [6.07, 6.45) is 0.199. The second kappa shape index (κ2) is 7.06. The predicted octanol–water partition coefficient (Wildman–Crippen LogP) is 2.78. The Balaban J connectivity index is 0.00000196. The van der Waals surface area contributed by atoms with Crippen LogP contribution >= 0.6 is 35.3 Å². The normalized spacial score (nSPS) is 11.7. The van der Waals surface area contributed by atoms with Crippen LogP contribution in [-0.4, -0.2) is 12.6 Å². The van der Waals surface area contributed by atoms with E-state index >= 15 is 0 Å². The number of carbonyl (C=O) groups excluding carboxylic acids is 1.